The van der Waals surface area contributed by atoms with E-state index in [-0.39, 0.29) is 12.3 Å². The van der Waals surface area contributed by atoms with Crippen molar-refractivity contribution in [1.82, 2.24) is 15.1 Å². The number of thioether (sulfide) groups is 1. The molecule has 1 N–H and O–H groups in total. The highest BCUT2D eigenvalue weighted by Gasteiger charge is 2.41. The van der Waals surface area contributed by atoms with Gasteiger partial charge in [-0.05, 0) is 62.4 Å². The van der Waals surface area contributed by atoms with E-state index in [0.29, 0.717) is 36.0 Å². The maximum Gasteiger partial charge on any atom is 0.338 e. The summed E-state index contributed by atoms with van der Waals surface area (Å²) < 4.78 is 10.6. The molecular weight excluding hydrogens is 464 g/mol. The second kappa shape index (κ2) is 11.3. The molecule has 188 valence electrons. The molecule has 0 aromatic heterocycles. The lowest BCUT2D eigenvalue weighted by molar-refractivity contribution is -0.136. The molecule has 8 nitrogen and oxygen atoms in total. The summed E-state index contributed by atoms with van der Waals surface area (Å²) in [6.45, 7) is 3.76. The summed E-state index contributed by atoms with van der Waals surface area (Å²) in [5.74, 6) is 0.243. The van der Waals surface area contributed by atoms with Crippen LogP contribution in [0.25, 0.3) is 0 Å². The van der Waals surface area contributed by atoms with Gasteiger partial charge in [0.2, 0.25) is 5.91 Å². The predicted octanol–water partition coefficient (Wildman–Crippen LogP) is 3.82. The van der Waals surface area contributed by atoms with Crippen LogP contribution >= 0.6 is 11.8 Å². The first-order chi connectivity index (χ1) is 17.0. The first-order valence-corrected chi connectivity index (χ1v) is 13.0. The van der Waals surface area contributed by atoms with Crippen LogP contribution in [0.1, 0.15) is 50.6 Å². The molecule has 2 atom stereocenters. The Morgan fingerprint density at radius 1 is 1.29 bits per heavy atom. The summed E-state index contributed by atoms with van der Waals surface area (Å²) in [6.07, 6.45) is 4.16. The number of nitrogens with zero attached hydrogens (tertiary/aromatic N) is 3. The van der Waals surface area contributed by atoms with Gasteiger partial charge in [0.15, 0.2) is 5.17 Å². The third-order valence-electron chi connectivity index (χ3n) is 6.85. The number of likely N-dealkylation sites (tertiary alicyclic amines) is 1. The smallest absolute Gasteiger partial charge is 0.338 e. The third-order valence-corrected chi connectivity index (χ3v) is 7.74. The Kier molecular flexibility index (Phi) is 8.18. The van der Waals surface area contributed by atoms with Crippen LogP contribution < -0.4 is 10.1 Å². The van der Waals surface area contributed by atoms with Crippen molar-refractivity contribution in [2.45, 2.75) is 51.1 Å². The zero-order valence-electron chi connectivity index (χ0n) is 20.9. The van der Waals surface area contributed by atoms with Gasteiger partial charge in [0.05, 0.1) is 38.0 Å². The fraction of sp³-hybridized carbons (Fsp3) is 0.500. The van der Waals surface area contributed by atoms with Crippen LogP contribution in [-0.2, 0) is 14.3 Å². The lowest BCUT2D eigenvalue weighted by Crippen LogP contribution is -2.38. The molecule has 0 bridgehead atoms. The number of ether oxygens (including phenoxy) is 2. The van der Waals surface area contributed by atoms with Crippen LogP contribution in [0.15, 0.2) is 51.6 Å². The van der Waals surface area contributed by atoms with Gasteiger partial charge in [-0.1, -0.05) is 30.8 Å². The number of hydrogen-bond acceptors (Lipinski definition) is 8. The van der Waals surface area contributed by atoms with Crippen LogP contribution in [0.5, 0.6) is 5.75 Å². The van der Waals surface area contributed by atoms with E-state index < -0.39 is 12.0 Å². The van der Waals surface area contributed by atoms with Gasteiger partial charge in [0.1, 0.15) is 5.75 Å². The van der Waals surface area contributed by atoms with Crippen LogP contribution in [0.4, 0.5) is 0 Å². The van der Waals surface area contributed by atoms with Crippen molar-refractivity contribution in [2.24, 2.45) is 4.99 Å². The highest BCUT2D eigenvalue weighted by molar-refractivity contribution is 8.16. The number of rotatable bonds is 9. The summed E-state index contributed by atoms with van der Waals surface area (Å²) >= 11 is 1.48. The minimum Gasteiger partial charge on any atom is -0.497 e. The lowest BCUT2D eigenvalue weighted by atomic mass is 9.92. The van der Waals surface area contributed by atoms with Crippen molar-refractivity contribution in [3.63, 3.8) is 0 Å². The monoisotopic (exact) mass is 498 g/mol. The van der Waals surface area contributed by atoms with Crippen molar-refractivity contribution in [3.8, 4) is 5.75 Å². The molecule has 0 unspecified atom stereocenters. The van der Waals surface area contributed by atoms with Gasteiger partial charge in [-0.2, -0.15) is 0 Å². The number of allylic oxidation sites excluding steroid dienone is 1. The van der Waals surface area contributed by atoms with Gasteiger partial charge in [0, 0.05) is 18.3 Å². The van der Waals surface area contributed by atoms with Crippen molar-refractivity contribution >= 4 is 28.8 Å². The van der Waals surface area contributed by atoms with Crippen LogP contribution in [0.2, 0.25) is 0 Å². The standard InChI is InChI=1S/C26H34N4O4S/c1-5-21-23(25(32)34-4)24(17-8-6-10-20(14-17)33-3)30-19(16-35-26(30)28-21)15-22(31)27-12-11-18-9-7-13-29(18)2/h6,8,10,14,16,18,24H,5,7,9,11-13,15H2,1-4H3,(H,27,31)/t18-,24+/m1/s1. The highest BCUT2D eigenvalue weighted by atomic mass is 32.2. The average molecular weight is 499 g/mol. The molecule has 1 saturated heterocycles. The largest absolute Gasteiger partial charge is 0.497 e. The number of hydrogen-bond donors (Lipinski definition) is 1. The molecule has 35 heavy (non-hydrogen) atoms. The number of methoxy groups -OCH3 is 2. The Morgan fingerprint density at radius 3 is 2.80 bits per heavy atom. The number of carbonyl (C=O) groups excluding carboxylic acids is 2. The Morgan fingerprint density at radius 2 is 2.11 bits per heavy atom. The highest BCUT2D eigenvalue weighted by Crippen LogP contribution is 2.45. The Labute approximate surface area is 211 Å². The SMILES string of the molecule is CCC1=C(C(=O)OC)[C@H](c2cccc(OC)c2)N2C(CC(=O)NCC[C@H]3CCCN3C)=CSC2=N1. The van der Waals surface area contributed by atoms with E-state index in [1.54, 1.807) is 7.11 Å². The molecule has 3 aliphatic heterocycles. The summed E-state index contributed by atoms with van der Waals surface area (Å²) in [6, 6.07) is 7.73. The Bertz CT molecular complexity index is 1070. The predicted molar refractivity (Wildman–Crippen MR) is 138 cm³/mol. The quantitative estimate of drug-likeness (QED) is 0.518. The van der Waals surface area contributed by atoms with Crippen molar-refractivity contribution in [2.75, 3.05) is 34.4 Å². The fourth-order valence-electron chi connectivity index (χ4n) is 4.99. The summed E-state index contributed by atoms with van der Waals surface area (Å²) in [5.41, 5.74) is 2.88. The van der Waals surface area contributed by atoms with Crippen LogP contribution in [0, 0.1) is 0 Å². The molecule has 1 aromatic carbocycles. The number of fused-ring (bicyclic) bond motifs is 1. The minimum atomic E-state index is -0.457. The molecule has 0 spiro atoms. The number of carbonyl (C=O) groups is 2. The third kappa shape index (κ3) is 5.41. The van der Waals surface area contributed by atoms with Crippen molar-refractivity contribution < 1.29 is 19.1 Å². The molecule has 9 heteroatoms. The number of aliphatic imine (C=N–C) groups is 1. The van der Waals surface area contributed by atoms with E-state index >= 15 is 0 Å². The topological polar surface area (TPSA) is 83.5 Å². The second-order valence-electron chi connectivity index (χ2n) is 8.97. The number of esters is 1. The second-order valence-corrected chi connectivity index (χ2v) is 9.80. The van der Waals surface area contributed by atoms with Gasteiger partial charge in [-0.3, -0.25) is 4.79 Å². The molecular formula is C26H34N4O4S. The Balaban J connectivity index is 1.56. The van der Waals surface area contributed by atoms with E-state index in [2.05, 4.69) is 17.3 Å². The van der Waals surface area contributed by atoms with E-state index in [0.717, 1.165) is 29.4 Å². The van der Waals surface area contributed by atoms with Crippen molar-refractivity contribution in [1.29, 1.82) is 0 Å². The van der Waals surface area contributed by atoms with Crippen LogP contribution in [0.3, 0.4) is 0 Å². The maximum absolute atomic E-state index is 13.0. The molecule has 0 aliphatic carbocycles. The fourth-order valence-corrected chi connectivity index (χ4v) is 5.93. The minimum absolute atomic E-state index is 0.0342. The first-order valence-electron chi connectivity index (χ1n) is 12.1. The van der Waals surface area contributed by atoms with Gasteiger partial charge >= 0.3 is 5.97 Å². The maximum atomic E-state index is 13.0. The van der Waals surface area contributed by atoms with E-state index in [1.165, 1.54) is 31.7 Å². The molecule has 0 saturated carbocycles. The molecule has 3 heterocycles. The van der Waals surface area contributed by atoms with Gasteiger partial charge in [0.25, 0.3) is 0 Å². The van der Waals surface area contributed by atoms with E-state index in [4.69, 9.17) is 14.5 Å². The van der Waals surface area contributed by atoms with Crippen molar-refractivity contribution in [3.05, 3.63) is 52.2 Å². The molecule has 1 amide bonds. The van der Waals surface area contributed by atoms with Gasteiger partial charge in [-0.25, -0.2) is 9.79 Å². The molecule has 3 aliphatic rings. The normalized spacial score (nSPS) is 22.0. The number of nitrogens with one attached hydrogen (secondary N) is 1. The Hall–Kier alpha value is -2.78. The number of amidine groups is 1. The molecule has 0 radical (unpaired) electrons. The molecule has 1 fully saturated rings. The average Bonchev–Trinajstić information content (AvgIpc) is 3.47. The summed E-state index contributed by atoms with van der Waals surface area (Å²) in [5, 5.41) is 5.81. The number of amides is 1. The molecule has 4 rings (SSSR count). The van der Waals surface area contributed by atoms with E-state index in [1.807, 2.05) is 41.5 Å². The van der Waals surface area contributed by atoms with Crippen LogP contribution in [-0.4, -0.2) is 67.2 Å². The first kappa shape index (κ1) is 25.3. The zero-order chi connectivity index (χ0) is 24.9. The molecule has 1 aromatic rings. The van der Waals surface area contributed by atoms with Gasteiger partial charge in [-0.15, -0.1) is 0 Å². The van der Waals surface area contributed by atoms with E-state index in [9.17, 15) is 9.59 Å². The summed E-state index contributed by atoms with van der Waals surface area (Å²) in [7, 11) is 5.15. The number of benzene rings is 1. The lowest BCUT2D eigenvalue weighted by Gasteiger charge is -2.36. The van der Waals surface area contributed by atoms with Gasteiger partial charge < -0.3 is 24.6 Å². The summed E-state index contributed by atoms with van der Waals surface area (Å²) in [4.78, 5) is 35.0. The zero-order valence-corrected chi connectivity index (χ0v) is 21.7.